The van der Waals surface area contributed by atoms with Crippen molar-refractivity contribution < 1.29 is 28.7 Å². The number of hydrogen-bond acceptors (Lipinski definition) is 7. The number of ether oxygens (including phenoxy) is 2. The number of benzene rings is 1. The molecule has 4 N–H and O–H groups in total. The van der Waals surface area contributed by atoms with Gasteiger partial charge in [0.25, 0.3) is 0 Å². The third kappa shape index (κ3) is 7.76. The van der Waals surface area contributed by atoms with Gasteiger partial charge in [-0.25, -0.2) is 0 Å². The molecule has 11 nitrogen and oxygen atoms in total. The Morgan fingerprint density at radius 2 is 1.74 bits per heavy atom. The summed E-state index contributed by atoms with van der Waals surface area (Å²) in [4.78, 5) is 58.2. The molecule has 3 fully saturated rings. The molecule has 1 saturated carbocycles. The number of carbonyl (C=O) groups is 4. The molecule has 1 aliphatic carbocycles. The van der Waals surface area contributed by atoms with E-state index in [0.29, 0.717) is 45.2 Å². The quantitative estimate of drug-likeness (QED) is 0.262. The number of carbonyl (C=O) groups excluding carboxylic acids is 4. The van der Waals surface area contributed by atoms with Crippen LogP contribution in [0.4, 0.5) is 0 Å². The van der Waals surface area contributed by atoms with Crippen LogP contribution in [0.15, 0.2) is 30.5 Å². The summed E-state index contributed by atoms with van der Waals surface area (Å²) in [6.45, 7) is 6.35. The van der Waals surface area contributed by atoms with E-state index in [9.17, 15) is 19.2 Å². The normalized spacial score (nSPS) is 23.2. The summed E-state index contributed by atoms with van der Waals surface area (Å²) in [5, 5.41) is 9.59. The van der Waals surface area contributed by atoms with Gasteiger partial charge in [0.05, 0.1) is 32.4 Å². The van der Waals surface area contributed by atoms with Gasteiger partial charge < -0.3 is 30.4 Å². The highest BCUT2D eigenvalue weighted by atomic mass is 16.6. The fraction of sp³-hybridized carbons (Fsp3) is 0.613. The van der Waals surface area contributed by atoms with Crippen LogP contribution in [-0.4, -0.2) is 96.6 Å². The zero-order valence-corrected chi connectivity index (χ0v) is 24.6. The van der Waals surface area contributed by atoms with E-state index in [-0.39, 0.29) is 24.7 Å². The predicted octanol–water partition coefficient (Wildman–Crippen LogP) is 1.46. The molecule has 4 atom stereocenters. The van der Waals surface area contributed by atoms with Crippen molar-refractivity contribution in [2.24, 2.45) is 5.92 Å². The van der Waals surface area contributed by atoms with E-state index in [4.69, 9.17) is 9.47 Å². The molecule has 5 rings (SSSR count). The van der Waals surface area contributed by atoms with Crippen LogP contribution in [0, 0.1) is 5.92 Å². The van der Waals surface area contributed by atoms with Crippen LogP contribution in [0.1, 0.15) is 51.5 Å². The first-order valence-electron chi connectivity index (χ1n) is 15.1. The highest BCUT2D eigenvalue weighted by Gasteiger charge is 2.50. The number of amides is 3. The minimum absolute atomic E-state index is 0.120. The predicted molar refractivity (Wildman–Crippen MR) is 157 cm³/mol. The largest absolute Gasteiger partial charge is 0.379 e. The van der Waals surface area contributed by atoms with Crippen LogP contribution in [0.3, 0.4) is 0 Å². The lowest BCUT2D eigenvalue weighted by Gasteiger charge is -2.27. The van der Waals surface area contributed by atoms with Gasteiger partial charge in [0, 0.05) is 31.2 Å². The lowest BCUT2D eigenvalue weighted by Crippen LogP contribution is -2.57. The molecule has 11 heteroatoms. The third-order valence-electron chi connectivity index (χ3n) is 8.71. The van der Waals surface area contributed by atoms with Gasteiger partial charge in [-0.05, 0) is 55.3 Å². The Hall–Kier alpha value is -3.28. The van der Waals surface area contributed by atoms with Crippen LogP contribution in [0.25, 0.3) is 10.9 Å². The average molecular weight is 582 g/mol. The number of rotatable bonds is 13. The second-order valence-electron chi connectivity index (χ2n) is 12.2. The fourth-order valence-corrected chi connectivity index (χ4v) is 5.99. The number of aromatic nitrogens is 1. The Bertz CT molecular complexity index is 1280. The number of hydrogen-bond donors (Lipinski definition) is 4. The molecule has 42 heavy (non-hydrogen) atoms. The Labute approximate surface area is 246 Å². The standard InChI is InChI=1S/C31H43N5O6/c1-20(33-27(37)18-36-11-13-41-14-12-36)29(39)35-26(17-22-7-8-24-23(15-22)9-10-32-24)30(40)34-25(16-21-5-3-4-6-21)28(38)31(2)19-42-31/h7-10,15,20-21,25-26,32H,3-6,11-14,16-19H2,1-2H3,(H,33,37)(H,34,40)(H,35,39)/t20-,25-,26-,31+/m0/s1. The number of nitrogens with zero attached hydrogens (tertiary/aromatic N) is 1. The number of fused-ring (bicyclic) bond motifs is 1. The lowest BCUT2D eigenvalue weighted by molar-refractivity contribution is -0.134. The minimum atomic E-state index is -0.945. The maximum absolute atomic E-state index is 13.8. The molecule has 3 amide bonds. The summed E-state index contributed by atoms with van der Waals surface area (Å²) in [6, 6.07) is 5.30. The van der Waals surface area contributed by atoms with Crippen molar-refractivity contribution in [1.29, 1.82) is 0 Å². The van der Waals surface area contributed by atoms with Crippen LogP contribution >= 0.6 is 0 Å². The number of ketones is 1. The van der Waals surface area contributed by atoms with Crippen molar-refractivity contribution in [2.75, 3.05) is 39.5 Å². The summed E-state index contributed by atoms with van der Waals surface area (Å²) in [5.74, 6) is -0.912. The first-order chi connectivity index (χ1) is 20.2. The van der Waals surface area contributed by atoms with Crippen molar-refractivity contribution in [3.63, 3.8) is 0 Å². The molecule has 2 saturated heterocycles. The maximum atomic E-state index is 13.8. The molecule has 0 radical (unpaired) electrons. The highest BCUT2D eigenvalue weighted by molar-refractivity contribution is 5.98. The first-order valence-corrected chi connectivity index (χ1v) is 15.1. The average Bonchev–Trinajstić information content (AvgIpc) is 3.32. The monoisotopic (exact) mass is 581 g/mol. The van der Waals surface area contributed by atoms with Crippen molar-refractivity contribution in [1.82, 2.24) is 25.8 Å². The summed E-state index contributed by atoms with van der Waals surface area (Å²) < 4.78 is 10.8. The second-order valence-corrected chi connectivity index (χ2v) is 12.2. The molecule has 1 aromatic heterocycles. The third-order valence-corrected chi connectivity index (χ3v) is 8.71. The van der Waals surface area contributed by atoms with Crippen molar-refractivity contribution >= 4 is 34.4 Å². The molecule has 0 bridgehead atoms. The Morgan fingerprint density at radius 1 is 1.02 bits per heavy atom. The van der Waals surface area contributed by atoms with E-state index >= 15 is 0 Å². The van der Waals surface area contributed by atoms with Gasteiger partial charge in [0.15, 0.2) is 5.78 Å². The zero-order valence-electron chi connectivity index (χ0n) is 24.6. The van der Waals surface area contributed by atoms with Gasteiger partial charge in [-0.15, -0.1) is 0 Å². The number of epoxide rings is 1. The molecule has 228 valence electrons. The highest BCUT2D eigenvalue weighted by Crippen LogP contribution is 2.33. The summed E-state index contributed by atoms with van der Waals surface area (Å²) in [7, 11) is 0. The van der Waals surface area contributed by atoms with Gasteiger partial charge in [-0.3, -0.25) is 24.1 Å². The number of Topliss-reactive ketones (excluding diaryl/α,β-unsaturated/α-hetero) is 1. The lowest BCUT2D eigenvalue weighted by atomic mass is 9.90. The molecule has 2 aliphatic heterocycles. The molecule has 2 aromatic rings. The van der Waals surface area contributed by atoms with Gasteiger partial charge in [-0.1, -0.05) is 31.7 Å². The van der Waals surface area contributed by atoms with Gasteiger partial charge in [0.2, 0.25) is 17.7 Å². The molecule has 0 spiro atoms. The minimum Gasteiger partial charge on any atom is -0.379 e. The van der Waals surface area contributed by atoms with Crippen LogP contribution in [-0.2, 0) is 35.1 Å². The van der Waals surface area contributed by atoms with E-state index in [0.717, 1.165) is 42.1 Å². The summed E-state index contributed by atoms with van der Waals surface area (Å²) >= 11 is 0. The van der Waals surface area contributed by atoms with Gasteiger partial charge in [-0.2, -0.15) is 0 Å². The Morgan fingerprint density at radius 3 is 2.45 bits per heavy atom. The molecule has 3 heterocycles. The smallest absolute Gasteiger partial charge is 0.243 e. The van der Waals surface area contributed by atoms with Gasteiger partial charge in [0.1, 0.15) is 17.7 Å². The fourth-order valence-electron chi connectivity index (χ4n) is 5.99. The Balaban J connectivity index is 1.28. The second kappa shape index (κ2) is 13.4. The zero-order chi connectivity index (χ0) is 29.7. The summed E-state index contributed by atoms with van der Waals surface area (Å²) in [5.41, 5.74) is 0.969. The molecular formula is C31H43N5O6. The Kier molecular flexibility index (Phi) is 9.60. The first kappa shape index (κ1) is 30.2. The van der Waals surface area contributed by atoms with E-state index in [1.807, 2.05) is 35.4 Å². The summed E-state index contributed by atoms with van der Waals surface area (Å²) in [6.07, 6.45) is 6.97. The van der Waals surface area contributed by atoms with E-state index in [2.05, 4.69) is 20.9 Å². The van der Waals surface area contributed by atoms with Crippen molar-refractivity contribution in [3.8, 4) is 0 Å². The van der Waals surface area contributed by atoms with Crippen LogP contribution in [0.2, 0.25) is 0 Å². The molecule has 3 aliphatic rings. The SMILES string of the molecule is C[C@H](NC(=O)CN1CCOCC1)C(=O)N[C@@H](Cc1ccc2[nH]ccc2c1)C(=O)N[C@@H](CC1CCCC1)C(=O)[C@@]1(C)CO1. The number of H-pyrrole nitrogens is 1. The molecule has 1 aromatic carbocycles. The number of morpholine rings is 1. The topological polar surface area (TPSA) is 145 Å². The number of nitrogens with one attached hydrogen (secondary N) is 4. The van der Waals surface area contributed by atoms with Gasteiger partial charge >= 0.3 is 0 Å². The van der Waals surface area contributed by atoms with Crippen molar-refractivity contribution in [3.05, 3.63) is 36.0 Å². The van der Waals surface area contributed by atoms with Crippen LogP contribution in [0.5, 0.6) is 0 Å². The van der Waals surface area contributed by atoms with Crippen molar-refractivity contribution in [2.45, 2.75) is 76.1 Å². The van der Waals surface area contributed by atoms with E-state index < -0.39 is 35.5 Å². The van der Waals surface area contributed by atoms with Crippen LogP contribution < -0.4 is 16.0 Å². The maximum Gasteiger partial charge on any atom is 0.243 e. The van der Waals surface area contributed by atoms with E-state index in [1.54, 1.807) is 13.8 Å². The number of aromatic amines is 1. The molecular weight excluding hydrogens is 538 g/mol. The molecule has 0 unspecified atom stereocenters. The van der Waals surface area contributed by atoms with E-state index in [1.165, 1.54) is 0 Å².